The number of rotatable bonds is 6. The Hall–Kier alpha value is -1.42. The van der Waals surface area contributed by atoms with Gasteiger partial charge in [0.05, 0.1) is 12.3 Å². The first kappa shape index (κ1) is 16.4. The number of halogens is 1. The first-order valence-electron chi connectivity index (χ1n) is 8.33. The van der Waals surface area contributed by atoms with E-state index in [2.05, 4.69) is 9.88 Å². The zero-order valence-electron chi connectivity index (χ0n) is 13.3. The van der Waals surface area contributed by atoms with Crippen molar-refractivity contribution in [2.75, 3.05) is 26.2 Å². The van der Waals surface area contributed by atoms with Gasteiger partial charge in [0.25, 0.3) is 0 Å². The number of pyridine rings is 1. The van der Waals surface area contributed by atoms with E-state index in [4.69, 9.17) is 16.3 Å². The average molecular weight is 331 g/mol. The van der Waals surface area contributed by atoms with Gasteiger partial charge in [0, 0.05) is 17.8 Å². The van der Waals surface area contributed by atoms with E-state index in [1.54, 1.807) is 0 Å². The van der Waals surface area contributed by atoms with Crippen molar-refractivity contribution in [3.63, 3.8) is 0 Å². The predicted molar refractivity (Wildman–Crippen MR) is 93.8 cm³/mol. The lowest BCUT2D eigenvalue weighted by Gasteiger charge is -2.27. The summed E-state index contributed by atoms with van der Waals surface area (Å²) in [7, 11) is 0. The normalized spacial score (nSPS) is 17.1. The smallest absolute Gasteiger partial charge is 0.124 e. The second-order valence-corrected chi connectivity index (χ2v) is 6.40. The minimum atomic E-state index is -0.141. The fraction of sp³-hybridized carbons (Fsp3) is 0.421. The summed E-state index contributed by atoms with van der Waals surface area (Å²) in [5, 5.41) is 0.738. The van der Waals surface area contributed by atoms with Crippen LogP contribution in [0.5, 0.6) is 0 Å². The Morgan fingerprint density at radius 3 is 2.52 bits per heavy atom. The molecule has 4 heteroatoms. The van der Waals surface area contributed by atoms with Crippen molar-refractivity contribution in [2.24, 2.45) is 0 Å². The zero-order chi connectivity index (χ0) is 15.9. The maximum Gasteiger partial charge on any atom is 0.124 e. The second-order valence-electron chi connectivity index (χ2n) is 5.96. The summed E-state index contributed by atoms with van der Waals surface area (Å²) < 4.78 is 6.21. The standard InChI is InChI=1S/C19H23ClN2O/c20-17-9-7-16(8-10-17)19(18-6-2-3-11-21-18)23-15-14-22-12-4-1-5-13-22/h2-3,6-11,19H,1,4-5,12-15H2/t19-/m0/s1. The van der Waals surface area contributed by atoms with Gasteiger partial charge in [-0.25, -0.2) is 0 Å². The van der Waals surface area contributed by atoms with Crippen molar-refractivity contribution in [3.8, 4) is 0 Å². The van der Waals surface area contributed by atoms with Crippen LogP contribution in [0.3, 0.4) is 0 Å². The first-order chi connectivity index (χ1) is 11.3. The Labute approximate surface area is 143 Å². The molecule has 122 valence electrons. The molecule has 1 aliphatic rings. The van der Waals surface area contributed by atoms with Crippen molar-refractivity contribution >= 4 is 11.6 Å². The van der Waals surface area contributed by atoms with Crippen molar-refractivity contribution in [1.82, 2.24) is 9.88 Å². The topological polar surface area (TPSA) is 25.4 Å². The van der Waals surface area contributed by atoms with Crippen LogP contribution in [0.1, 0.15) is 36.6 Å². The molecular weight excluding hydrogens is 308 g/mol. The van der Waals surface area contributed by atoms with Crippen LogP contribution in [0.25, 0.3) is 0 Å². The molecule has 0 N–H and O–H groups in total. The molecule has 1 fully saturated rings. The van der Waals surface area contributed by atoms with E-state index in [0.717, 1.165) is 22.8 Å². The molecule has 2 aromatic rings. The number of benzene rings is 1. The van der Waals surface area contributed by atoms with Gasteiger partial charge in [0.15, 0.2) is 0 Å². The highest BCUT2D eigenvalue weighted by molar-refractivity contribution is 6.30. The van der Waals surface area contributed by atoms with Gasteiger partial charge in [-0.2, -0.15) is 0 Å². The third-order valence-electron chi connectivity index (χ3n) is 4.27. The second kappa shape index (κ2) is 8.44. The Morgan fingerprint density at radius 1 is 1.04 bits per heavy atom. The monoisotopic (exact) mass is 330 g/mol. The highest BCUT2D eigenvalue weighted by Crippen LogP contribution is 2.25. The molecule has 0 unspecified atom stereocenters. The Morgan fingerprint density at radius 2 is 1.83 bits per heavy atom. The van der Waals surface area contributed by atoms with Gasteiger partial charge in [0.2, 0.25) is 0 Å². The van der Waals surface area contributed by atoms with E-state index in [1.165, 1.54) is 32.4 Å². The third kappa shape index (κ3) is 4.77. The molecule has 0 amide bonds. The molecule has 0 radical (unpaired) electrons. The third-order valence-corrected chi connectivity index (χ3v) is 4.52. The molecule has 1 aromatic heterocycles. The minimum Gasteiger partial charge on any atom is -0.366 e. The number of hydrogen-bond donors (Lipinski definition) is 0. The molecule has 1 saturated heterocycles. The van der Waals surface area contributed by atoms with Crippen LogP contribution in [0.4, 0.5) is 0 Å². The number of likely N-dealkylation sites (tertiary alicyclic amines) is 1. The van der Waals surface area contributed by atoms with E-state index >= 15 is 0 Å². The van der Waals surface area contributed by atoms with E-state index in [1.807, 2.05) is 48.7 Å². The molecule has 3 rings (SSSR count). The van der Waals surface area contributed by atoms with Gasteiger partial charge in [-0.05, 0) is 55.8 Å². The molecule has 0 aliphatic carbocycles. The molecule has 0 saturated carbocycles. The van der Waals surface area contributed by atoms with Crippen molar-refractivity contribution in [2.45, 2.75) is 25.4 Å². The maximum absolute atomic E-state index is 6.21. The average Bonchev–Trinajstić information content (AvgIpc) is 2.61. The summed E-state index contributed by atoms with van der Waals surface area (Å²) in [5.74, 6) is 0. The number of aromatic nitrogens is 1. The van der Waals surface area contributed by atoms with Crippen LogP contribution in [0.15, 0.2) is 48.7 Å². The van der Waals surface area contributed by atoms with Gasteiger partial charge < -0.3 is 9.64 Å². The molecule has 1 aromatic carbocycles. The highest BCUT2D eigenvalue weighted by atomic mass is 35.5. The van der Waals surface area contributed by atoms with Crippen LogP contribution in [-0.2, 0) is 4.74 Å². The van der Waals surface area contributed by atoms with Crippen molar-refractivity contribution in [1.29, 1.82) is 0 Å². The summed E-state index contributed by atoms with van der Waals surface area (Å²) in [6.07, 6.45) is 5.64. The van der Waals surface area contributed by atoms with E-state index in [0.29, 0.717) is 6.61 Å². The molecular formula is C19H23ClN2O. The number of ether oxygens (including phenoxy) is 1. The lowest BCUT2D eigenvalue weighted by Crippen LogP contribution is -2.33. The predicted octanol–water partition coefficient (Wildman–Crippen LogP) is 4.33. The van der Waals surface area contributed by atoms with Crippen LogP contribution in [-0.4, -0.2) is 36.1 Å². The number of hydrogen-bond acceptors (Lipinski definition) is 3. The van der Waals surface area contributed by atoms with Gasteiger partial charge in [-0.15, -0.1) is 0 Å². The Bertz CT molecular complexity index is 582. The minimum absolute atomic E-state index is 0.141. The highest BCUT2D eigenvalue weighted by Gasteiger charge is 2.17. The summed E-state index contributed by atoms with van der Waals surface area (Å²) in [5.41, 5.74) is 2.03. The molecule has 2 heterocycles. The van der Waals surface area contributed by atoms with Gasteiger partial charge in [-0.1, -0.05) is 36.2 Å². The van der Waals surface area contributed by atoms with E-state index in [-0.39, 0.29) is 6.10 Å². The van der Waals surface area contributed by atoms with E-state index in [9.17, 15) is 0 Å². The maximum atomic E-state index is 6.21. The summed E-state index contributed by atoms with van der Waals surface area (Å²) in [6.45, 7) is 4.08. The quantitative estimate of drug-likeness (QED) is 0.788. The molecule has 0 bridgehead atoms. The largest absolute Gasteiger partial charge is 0.366 e. The van der Waals surface area contributed by atoms with Gasteiger partial charge >= 0.3 is 0 Å². The number of piperidine rings is 1. The van der Waals surface area contributed by atoms with Crippen LogP contribution < -0.4 is 0 Å². The van der Waals surface area contributed by atoms with Gasteiger partial charge in [-0.3, -0.25) is 4.98 Å². The van der Waals surface area contributed by atoms with Crippen molar-refractivity contribution < 1.29 is 4.74 Å². The fourth-order valence-electron chi connectivity index (χ4n) is 3.00. The number of nitrogens with zero attached hydrogens (tertiary/aromatic N) is 2. The first-order valence-corrected chi connectivity index (χ1v) is 8.71. The SMILES string of the molecule is Clc1ccc([C@H](OCCN2CCCCC2)c2ccccn2)cc1. The molecule has 0 spiro atoms. The summed E-state index contributed by atoms with van der Waals surface area (Å²) >= 11 is 6.01. The zero-order valence-corrected chi connectivity index (χ0v) is 14.1. The van der Waals surface area contributed by atoms with Crippen LogP contribution in [0, 0.1) is 0 Å². The Balaban J connectivity index is 1.66. The lowest BCUT2D eigenvalue weighted by molar-refractivity contribution is 0.0536. The van der Waals surface area contributed by atoms with E-state index < -0.39 is 0 Å². The molecule has 1 aliphatic heterocycles. The molecule has 23 heavy (non-hydrogen) atoms. The van der Waals surface area contributed by atoms with Crippen LogP contribution >= 0.6 is 11.6 Å². The fourth-order valence-corrected chi connectivity index (χ4v) is 3.13. The van der Waals surface area contributed by atoms with Crippen molar-refractivity contribution in [3.05, 3.63) is 64.9 Å². The Kier molecular flexibility index (Phi) is 6.03. The summed E-state index contributed by atoms with van der Waals surface area (Å²) in [6, 6.07) is 13.8. The van der Waals surface area contributed by atoms with Gasteiger partial charge in [0.1, 0.15) is 6.10 Å². The van der Waals surface area contributed by atoms with Crippen LogP contribution in [0.2, 0.25) is 5.02 Å². The lowest BCUT2D eigenvalue weighted by atomic mass is 10.1. The molecule has 1 atom stereocenters. The molecule has 3 nitrogen and oxygen atoms in total. The summed E-state index contributed by atoms with van der Waals surface area (Å²) in [4.78, 5) is 6.96.